The zero-order valence-corrected chi connectivity index (χ0v) is 9.13. The second-order valence-electron chi connectivity index (χ2n) is 1.98. The summed E-state index contributed by atoms with van der Waals surface area (Å²) in [5.41, 5.74) is 0. The van der Waals surface area contributed by atoms with Crippen molar-refractivity contribution in [2.45, 2.75) is 12.5 Å². The second kappa shape index (κ2) is 23.6. The first-order chi connectivity index (χ1) is 7.29. The maximum atomic E-state index is 10.6. The summed E-state index contributed by atoms with van der Waals surface area (Å²) in [6.45, 7) is 13.5. The zero-order valence-electron chi connectivity index (χ0n) is 8.03. The van der Waals surface area contributed by atoms with Crippen LogP contribution in [-0.2, 0) is 35.8 Å². The summed E-state index contributed by atoms with van der Waals surface area (Å²) in [5.74, 6) is -0.0208. The molecule has 0 saturated carbocycles. The van der Waals surface area contributed by atoms with Crippen molar-refractivity contribution >= 4 is 5.78 Å². The summed E-state index contributed by atoms with van der Waals surface area (Å²) in [6.07, 6.45) is 6.00. The van der Waals surface area contributed by atoms with E-state index in [1.54, 1.807) is 18.2 Å². The zero-order chi connectivity index (χ0) is 12.7. The molecule has 1 aliphatic carbocycles. The fraction of sp³-hybridized carbons (Fsp3) is 0.200. The summed E-state index contributed by atoms with van der Waals surface area (Å²) >= 11 is 0. The molecular formula is C10H8FeO5. The minimum atomic E-state index is -0.590. The van der Waals surface area contributed by atoms with E-state index in [2.05, 4.69) is 20.0 Å². The Kier molecular flexibility index (Phi) is 35.6. The Bertz CT molecular complexity index is 260. The Morgan fingerprint density at radius 2 is 1.56 bits per heavy atom. The minimum Gasteiger partial charge on any atom is 0 e. The summed E-state index contributed by atoms with van der Waals surface area (Å²) < 4.78 is 22.5. The molecule has 86 valence electrons. The van der Waals surface area contributed by atoms with Gasteiger partial charge in [-0.15, -0.1) is 0 Å². The van der Waals surface area contributed by atoms with E-state index in [1.807, 2.05) is 0 Å². The maximum Gasteiger partial charge on any atom is 0 e. The van der Waals surface area contributed by atoms with E-state index >= 15 is 0 Å². The van der Waals surface area contributed by atoms with E-state index in [4.69, 9.17) is 19.1 Å². The fourth-order valence-electron chi connectivity index (χ4n) is 0.697. The van der Waals surface area contributed by atoms with Crippen LogP contribution >= 0.6 is 0 Å². The number of aliphatic hydroxyl groups is 1. The van der Waals surface area contributed by atoms with Crippen molar-refractivity contribution in [3.05, 3.63) is 44.3 Å². The number of hydrogen-bond acceptors (Lipinski definition) is 2. The van der Waals surface area contributed by atoms with Crippen LogP contribution in [0.3, 0.4) is 0 Å². The van der Waals surface area contributed by atoms with Gasteiger partial charge in [0.1, 0.15) is 0 Å². The minimum absolute atomic E-state index is 0. The number of ketones is 1. The van der Waals surface area contributed by atoms with Gasteiger partial charge in [0.25, 0.3) is 0 Å². The summed E-state index contributed by atoms with van der Waals surface area (Å²) in [5, 5.41) is 8.91. The van der Waals surface area contributed by atoms with Crippen molar-refractivity contribution in [2.75, 3.05) is 0 Å². The van der Waals surface area contributed by atoms with E-state index in [-0.39, 0.29) is 29.3 Å². The number of allylic oxidation sites excluding steroid dienone is 3. The van der Waals surface area contributed by atoms with Gasteiger partial charge in [0.05, 0.1) is 6.10 Å². The van der Waals surface area contributed by atoms with Crippen LogP contribution in [0.25, 0.3) is 0 Å². The first kappa shape index (κ1) is 24.2. The van der Waals surface area contributed by atoms with Gasteiger partial charge in [-0.1, -0.05) is 18.2 Å². The largest absolute Gasteiger partial charge is 0 e. The SMILES string of the molecule is O=C1C=CC=CC(O)C1.[C-]#[O+].[C-]#[O+].[C-]#[O+].[Fe]. The van der Waals surface area contributed by atoms with Gasteiger partial charge < -0.3 is 5.11 Å². The summed E-state index contributed by atoms with van der Waals surface area (Å²) in [7, 11) is 0. The molecule has 0 spiro atoms. The quantitative estimate of drug-likeness (QED) is 0.387. The predicted octanol–water partition coefficient (Wildman–Crippen LogP) is 0.317. The molecule has 0 fully saturated rings. The molecule has 0 saturated heterocycles. The molecule has 1 atom stereocenters. The molecule has 6 heteroatoms. The molecule has 0 aliphatic heterocycles. The standard InChI is InChI=1S/C7H8O2.3CO.Fe/c8-6-3-1-2-4-7(9)5-6;3*1-2;/h1-4,6,8H,5H2;;;;. The molecule has 0 aromatic rings. The van der Waals surface area contributed by atoms with E-state index in [0.29, 0.717) is 0 Å². The fourth-order valence-corrected chi connectivity index (χ4v) is 0.697. The molecule has 1 aliphatic rings. The second-order valence-corrected chi connectivity index (χ2v) is 1.98. The Labute approximate surface area is 104 Å². The maximum absolute atomic E-state index is 10.6. The van der Waals surface area contributed by atoms with Crippen molar-refractivity contribution in [3.63, 3.8) is 0 Å². The van der Waals surface area contributed by atoms with Gasteiger partial charge >= 0.3 is 33.9 Å². The van der Waals surface area contributed by atoms with E-state index in [0.717, 1.165) is 0 Å². The summed E-state index contributed by atoms with van der Waals surface area (Å²) in [6, 6.07) is 0. The van der Waals surface area contributed by atoms with Gasteiger partial charge in [0.15, 0.2) is 5.78 Å². The van der Waals surface area contributed by atoms with Gasteiger partial charge in [-0.25, -0.2) is 0 Å². The number of hydrogen-bond donors (Lipinski definition) is 1. The topological polar surface area (TPSA) is 97.0 Å². The van der Waals surface area contributed by atoms with Crippen LogP contribution in [0.2, 0.25) is 0 Å². The van der Waals surface area contributed by atoms with Crippen molar-refractivity contribution < 1.29 is 40.9 Å². The van der Waals surface area contributed by atoms with Gasteiger partial charge in [-0.2, -0.15) is 0 Å². The number of carbonyl (C=O) groups excluding carboxylic acids is 1. The van der Waals surface area contributed by atoms with Crippen LogP contribution in [0, 0.1) is 20.0 Å². The third-order valence-corrected chi connectivity index (χ3v) is 1.14. The van der Waals surface area contributed by atoms with Crippen LogP contribution in [0.5, 0.6) is 0 Å². The Morgan fingerprint density at radius 1 is 1.12 bits per heavy atom. The van der Waals surface area contributed by atoms with Crippen LogP contribution in [-0.4, -0.2) is 17.0 Å². The van der Waals surface area contributed by atoms with Crippen molar-refractivity contribution in [2.24, 2.45) is 0 Å². The third kappa shape index (κ3) is 18.6. The van der Waals surface area contributed by atoms with Crippen LogP contribution < -0.4 is 0 Å². The Morgan fingerprint density at radius 3 is 2.00 bits per heavy atom. The first-order valence-electron chi connectivity index (χ1n) is 3.46. The number of carbonyl (C=O) groups is 1. The molecule has 0 heterocycles. The van der Waals surface area contributed by atoms with E-state index < -0.39 is 6.10 Å². The molecule has 1 rings (SSSR count). The monoisotopic (exact) mass is 264 g/mol. The molecule has 5 nitrogen and oxygen atoms in total. The Hall–Kier alpha value is -1.15. The normalized spacial score (nSPS) is 15.2. The molecule has 0 aromatic carbocycles. The van der Waals surface area contributed by atoms with Crippen molar-refractivity contribution in [1.29, 1.82) is 0 Å². The molecule has 0 aromatic heterocycles. The smallest absolute Gasteiger partial charge is 0 e. The van der Waals surface area contributed by atoms with E-state index in [9.17, 15) is 4.79 Å². The van der Waals surface area contributed by atoms with Gasteiger partial charge in [0.2, 0.25) is 0 Å². The molecule has 0 radical (unpaired) electrons. The average molecular weight is 264 g/mol. The predicted molar refractivity (Wildman–Crippen MR) is 45.7 cm³/mol. The molecule has 16 heavy (non-hydrogen) atoms. The Balaban J connectivity index is -0.0000000900. The summed E-state index contributed by atoms with van der Waals surface area (Å²) in [4.78, 5) is 10.6. The van der Waals surface area contributed by atoms with Crippen LogP contribution in [0.4, 0.5) is 0 Å². The van der Waals surface area contributed by atoms with Gasteiger partial charge in [0, 0.05) is 23.5 Å². The third-order valence-electron chi connectivity index (χ3n) is 1.14. The van der Waals surface area contributed by atoms with Crippen molar-refractivity contribution in [3.8, 4) is 0 Å². The molecule has 0 amide bonds. The van der Waals surface area contributed by atoms with E-state index in [1.165, 1.54) is 6.08 Å². The number of rotatable bonds is 0. The first-order valence-corrected chi connectivity index (χ1v) is 3.46. The van der Waals surface area contributed by atoms with Gasteiger partial charge in [-0.3, -0.25) is 4.79 Å². The molecule has 0 bridgehead atoms. The van der Waals surface area contributed by atoms with Crippen molar-refractivity contribution in [1.82, 2.24) is 0 Å². The molecule has 1 N–H and O–H groups in total. The van der Waals surface area contributed by atoms with Gasteiger partial charge in [-0.05, 0) is 6.08 Å². The number of aliphatic hydroxyl groups excluding tert-OH is 1. The average Bonchev–Trinajstić information content (AvgIpc) is 2.50. The molecule has 1 unspecified atom stereocenters. The van der Waals surface area contributed by atoms with Crippen LogP contribution in [0.1, 0.15) is 6.42 Å². The van der Waals surface area contributed by atoms with Crippen LogP contribution in [0.15, 0.2) is 24.3 Å². The molecular weight excluding hydrogens is 256 g/mol.